The van der Waals surface area contributed by atoms with Crippen LogP contribution in [0.5, 0.6) is 0 Å². The van der Waals surface area contributed by atoms with E-state index in [9.17, 15) is 4.79 Å². The molecule has 0 saturated heterocycles. The van der Waals surface area contributed by atoms with E-state index in [1.807, 2.05) is 0 Å². The van der Waals surface area contributed by atoms with Gasteiger partial charge in [0.25, 0.3) is 5.56 Å². The van der Waals surface area contributed by atoms with Crippen molar-refractivity contribution in [3.8, 4) is 0 Å². The molecular formula is C14H16N2O. The van der Waals surface area contributed by atoms with Crippen molar-refractivity contribution in [1.82, 2.24) is 9.97 Å². The third-order valence-electron chi connectivity index (χ3n) is 4.40. The zero-order valence-corrected chi connectivity index (χ0v) is 9.73. The fourth-order valence-corrected chi connectivity index (χ4v) is 3.36. The number of hydrogen-bond acceptors (Lipinski definition) is 2. The molecule has 0 spiro atoms. The summed E-state index contributed by atoms with van der Waals surface area (Å²) < 4.78 is 0. The number of nitrogens with one attached hydrogen (secondary N) is 1. The predicted octanol–water partition coefficient (Wildman–Crippen LogP) is 2.33. The summed E-state index contributed by atoms with van der Waals surface area (Å²) in [6.45, 7) is 0. The Labute approximate surface area is 100.0 Å². The van der Waals surface area contributed by atoms with Crippen molar-refractivity contribution in [2.45, 2.75) is 37.5 Å². The van der Waals surface area contributed by atoms with Gasteiger partial charge in [-0.2, -0.15) is 0 Å². The quantitative estimate of drug-likeness (QED) is 0.790. The molecule has 88 valence electrons. The predicted molar refractivity (Wildman–Crippen MR) is 64.9 cm³/mol. The second-order valence-corrected chi connectivity index (χ2v) is 5.72. The van der Waals surface area contributed by atoms with Crippen molar-refractivity contribution in [3.63, 3.8) is 0 Å². The molecule has 1 heterocycles. The summed E-state index contributed by atoms with van der Waals surface area (Å²) in [5.74, 6) is 3.30. The van der Waals surface area contributed by atoms with E-state index in [-0.39, 0.29) is 5.56 Å². The lowest BCUT2D eigenvalue weighted by molar-refractivity contribution is 0.564. The van der Waals surface area contributed by atoms with Crippen molar-refractivity contribution >= 4 is 0 Å². The number of fused-ring (bicyclic) bond motifs is 2. The fourth-order valence-electron chi connectivity index (χ4n) is 3.36. The highest BCUT2D eigenvalue weighted by Gasteiger charge is 2.38. The summed E-state index contributed by atoms with van der Waals surface area (Å²) in [7, 11) is 0. The molecule has 2 saturated carbocycles. The summed E-state index contributed by atoms with van der Waals surface area (Å²) in [5.41, 5.74) is 1.07. The highest BCUT2D eigenvalue weighted by Crippen LogP contribution is 2.48. The van der Waals surface area contributed by atoms with Gasteiger partial charge in [-0.15, -0.1) is 0 Å². The molecule has 0 unspecified atom stereocenters. The van der Waals surface area contributed by atoms with Crippen LogP contribution in [0, 0.1) is 11.8 Å². The van der Waals surface area contributed by atoms with Gasteiger partial charge in [-0.3, -0.25) is 4.79 Å². The Bertz CT molecular complexity index is 541. The summed E-state index contributed by atoms with van der Waals surface area (Å²) in [5, 5.41) is 0. The van der Waals surface area contributed by atoms with Crippen LogP contribution in [-0.2, 0) is 0 Å². The standard InChI is InChI=1S/C14H16N2O/c17-13-7-12(15-14(16-13)9-3-4-9)11-6-8-1-2-10(11)5-8/h1-2,7-11H,3-6H2,(H,15,16,17)/t8-,10-,11+/m0/s1. The smallest absolute Gasteiger partial charge is 0.251 e. The largest absolute Gasteiger partial charge is 0.310 e. The van der Waals surface area contributed by atoms with E-state index in [0.717, 1.165) is 17.4 Å². The minimum Gasteiger partial charge on any atom is -0.310 e. The lowest BCUT2D eigenvalue weighted by atomic mass is 9.90. The Kier molecular flexibility index (Phi) is 1.88. The van der Waals surface area contributed by atoms with Crippen molar-refractivity contribution in [1.29, 1.82) is 0 Å². The Morgan fingerprint density at radius 1 is 1.24 bits per heavy atom. The normalized spacial score (nSPS) is 34.5. The molecule has 1 aromatic heterocycles. The van der Waals surface area contributed by atoms with Crippen LogP contribution in [-0.4, -0.2) is 9.97 Å². The number of aromatic amines is 1. The van der Waals surface area contributed by atoms with Gasteiger partial charge in [0, 0.05) is 17.9 Å². The van der Waals surface area contributed by atoms with Crippen LogP contribution in [0.15, 0.2) is 23.0 Å². The average molecular weight is 228 g/mol. The van der Waals surface area contributed by atoms with Gasteiger partial charge in [-0.25, -0.2) is 4.98 Å². The van der Waals surface area contributed by atoms with Gasteiger partial charge in [0.2, 0.25) is 0 Å². The van der Waals surface area contributed by atoms with Gasteiger partial charge < -0.3 is 4.98 Å². The van der Waals surface area contributed by atoms with E-state index in [1.165, 1.54) is 25.7 Å². The lowest BCUT2D eigenvalue weighted by Gasteiger charge is -2.17. The van der Waals surface area contributed by atoms with Crippen LogP contribution < -0.4 is 5.56 Å². The molecule has 2 fully saturated rings. The summed E-state index contributed by atoms with van der Waals surface area (Å²) >= 11 is 0. The number of H-pyrrole nitrogens is 1. The monoisotopic (exact) mass is 228 g/mol. The van der Waals surface area contributed by atoms with E-state index in [0.29, 0.717) is 17.8 Å². The minimum absolute atomic E-state index is 0.0312. The third kappa shape index (κ3) is 1.56. The van der Waals surface area contributed by atoms with Gasteiger partial charge in [0.05, 0.1) is 5.69 Å². The first-order valence-electron chi connectivity index (χ1n) is 6.59. The Morgan fingerprint density at radius 2 is 2.12 bits per heavy atom. The van der Waals surface area contributed by atoms with Gasteiger partial charge in [-0.1, -0.05) is 12.2 Å². The van der Waals surface area contributed by atoms with Crippen molar-refractivity contribution in [2.24, 2.45) is 11.8 Å². The molecule has 3 aliphatic rings. The van der Waals surface area contributed by atoms with Crippen LogP contribution in [0.3, 0.4) is 0 Å². The molecule has 4 rings (SSSR count). The molecule has 3 aliphatic carbocycles. The number of allylic oxidation sites excluding steroid dienone is 2. The molecule has 3 atom stereocenters. The molecule has 3 heteroatoms. The maximum absolute atomic E-state index is 11.7. The Hall–Kier alpha value is -1.38. The van der Waals surface area contributed by atoms with E-state index in [2.05, 4.69) is 17.1 Å². The fraction of sp³-hybridized carbons (Fsp3) is 0.571. The number of hydrogen-bond donors (Lipinski definition) is 1. The van der Waals surface area contributed by atoms with Crippen LogP contribution in [0.4, 0.5) is 0 Å². The molecule has 0 aliphatic heterocycles. The zero-order chi connectivity index (χ0) is 11.4. The van der Waals surface area contributed by atoms with Crippen molar-refractivity contribution in [3.05, 3.63) is 40.1 Å². The Morgan fingerprint density at radius 3 is 2.76 bits per heavy atom. The SMILES string of the molecule is O=c1cc([C@@H]2C[C@H]3C=C[C@H]2C3)nc(C2CC2)[nH]1. The van der Waals surface area contributed by atoms with Crippen LogP contribution >= 0.6 is 0 Å². The second-order valence-electron chi connectivity index (χ2n) is 5.72. The van der Waals surface area contributed by atoms with Gasteiger partial charge in [0.1, 0.15) is 5.82 Å². The topological polar surface area (TPSA) is 45.8 Å². The molecule has 1 N–H and O–H groups in total. The van der Waals surface area contributed by atoms with E-state index in [4.69, 9.17) is 4.98 Å². The molecule has 1 aromatic rings. The second kappa shape index (κ2) is 3.31. The van der Waals surface area contributed by atoms with Crippen LogP contribution in [0.1, 0.15) is 49.0 Å². The molecule has 3 nitrogen and oxygen atoms in total. The molecule has 2 bridgehead atoms. The minimum atomic E-state index is 0.0312. The van der Waals surface area contributed by atoms with Crippen LogP contribution in [0.25, 0.3) is 0 Å². The maximum Gasteiger partial charge on any atom is 0.251 e. The van der Waals surface area contributed by atoms with E-state index >= 15 is 0 Å². The highest BCUT2D eigenvalue weighted by molar-refractivity contribution is 5.23. The van der Waals surface area contributed by atoms with E-state index < -0.39 is 0 Å². The first-order valence-corrected chi connectivity index (χ1v) is 6.59. The molecule has 17 heavy (non-hydrogen) atoms. The highest BCUT2D eigenvalue weighted by atomic mass is 16.1. The summed E-state index contributed by atoms with van der Waals surface area (Å²) in [6.07, 6.45) is 9.46. The first-order chi connectivity index (χ1) is 8.29. The molecular weight excluding hydrogens is 212 g/mol. The first kappa shape index (κ1) is 9.63. The zero-order valence-electron chi connectivity index (χ0n) is 9.73. The lowest BCUT2D eigenvalue weighted by Crippen LogP contribution is -2.16. The average Bonchev–Trinajstić information content (AvgIpc) is 2.97. The number of nitrogens with zero attached hydrogens (tertiary/aromatic N) is 1. The van der Waals surface area contributed by atoms with Crippen LogP contribution in [0.2, 0.25) is 0 Å². The number of aromatic nitrogens is 2. The molecule has 0 amide bonds. The third-order valence-corrected chi connectivity index (χ3v) is 4.40. The van der Waals surface area contributed by atoms with Crippen molar-refractivity contribution in [2.75, 3.05) is 0 Å². The Balaban J connectivity index is 1.73. The van der Waals surface area contributed by atoms with Gasteiger partial charge in [-0.05, 0) is 37.5 Å². The maximum atomic E-state index is 11.7. The summed E-state index contributed by atoms with van der Waals surface area (Å²) in [4.78, 5) is 19.3. The van der Waals surface area contributed by atoms with Crippen molar-refractivity contribution < 1.29 is 0 Å². The van der Waals surface area contributed by atoms with Gasteiger partial charge >= 0.3 is 0 Å². The summed E-state index contributed by atoms with van der Waals surface area (Å²) in [6, 6.07) is 1.71. The van der Waals surface area contributed by atoms with E-state index in [1.54, 1.807) is 6.07 Å². The van der Waals surface area contributed by atoms with Gasteiger partial charge in [0.15, 0.2) is 0 Å². The molecule has 0 radical (unpaired) electrons. The molecule has 0 aromatic carbocycles. The number of rotatable bonds is 2.